The molecule has 162 valence electrons. The molecule has 2 aromatic rings. The minimum atomic E-state index is -3.33. The molecule has 1 aliphatic carbocycles. The maximum atomic E-state index is 12.3. The molecule has 4 rings (SSSR count). The van der Waals surface area contributed by atoms with Crippen LogP contribution < -0.4 is 9.62 Å². The van der Waals surface area contributed by atoms with Gasteiger partial charge in [-0.15, -0.1) is 0 Å². The molecule has 2 atom stereocenters. The number of aryl methyl sites for hydroxylation is 1. The van der Waals surface area contributed by atoms with Crippen molar-refractivity contribution in [3.63, 3.8) is 0 Å². The molecule has 1 aliphatic heterocycles. The number of sulfonamides is 1. The summed E-state index contributed by atoms with van der Waals surface area (Å²) in [5.41, 5.74) is 3.05. The van der Waals surface area contributed by atoms with Crippen LogP contribution in [0.15, 0.2) is 18.5 Å². The third-order valence-electron chi connectivity index (χ3n) is 5.67. The van der Waals surface area contributed by atoms with E-state index in [0.29, 0.717) is 23.6 Å². The zero-order chi connectivity index (χ0) is 21.5. The molecule has 0 saturated heterocycles. The molecule has 30 heavy (non-hydrogen) atoms. The second-order valence-corrected chi connectivity index (χ2v) is 10.1. The van der Waals surface area contributed by atoms with Gasteiger partial charge in [-0.2, -0.15) is 5.10 Å². The molecule has 0 aromatic carbocycles. The zero-order valence-electron chi connectivity index (χ0n) is 17.3. The van der Waals surface area contributed by atoms with Crippen molar-refractivity contribution in [2.45, 2.75) is 37.7 Å². The predicted octanol–water partition coefficient (Wildman–Crippen LogP) is 2.20. The monoisotopic (exact) mass is 434 g/mol. The Bertz CT molecular complexity index is 1050. The Kier molecular flexibility index (Phi) is 5.31. The molecule has 0 spiro atoms. The summed E-state index contributed by atoms with van der Waals surface area (Å²) in [5.74, 6) is 0.888. The van der Waals surface area contributed by atoms with Crippen LogP contribution in [0.4, 0.5) is 22.0 Å². The van der Waals surface area contributed by atoms with E-state index in [-0.39, 0.29) is 23.9 Å². The van der Waals surface area contributed by atoms with E-state index in [1.807, 2.05) is 6.07 Å². The number of nitrogens with zero attached hydrogens (tertiary/aromatic N) is 4. The molecule has 0 unspecified atom stereocenters. The molecule has 11 heteroatoms. The molecular formula is C19H26N6O4S. The molecule has 2 aliphatic rings. The smallest absolute Gasteiger partial charge is 0.409 e. The second-order valence-electron chi connectivity index (χ2n) is 7.97. The topological polar surface area (TPSA) is 121 Å². The van der Waals surface area contributed by atoms with E-state index in [9.17, 15) is 13.2 Å². The Labute approximate surface area is 175 Å². The Morgan fingerprint density at radius 2 is 2.13 bits per heavy atom. The summed E-state index contributed by atoms with van der Waals surface area (Å²) >= 11 is 0. The van der Waals surface area contributed by atoms with Crippen molar-refractivity contribution in [2.24, 2.45) is 0 Å². The van der Waals surface area contributed by atoms with Crippen LogP contribution >= 0.6 is 0 Å². The summed E-state index contributed by atoms with van der Waals surface area (Å²) in [4.78, 5) is 17.4. The first-order valence-electron chi connectivity index (χ1n) is 9.88. The molecule has 1 saturated carbocycles. The van der Waals surface area contributed by atoms with Crippen molar-refractivity contribution in [2.75, 3.05) is 36.5 Å². The number of hydrogen-bond acceptors (Lipinski definition) is 7. The van der Waals surface area contributed by atoms with Gasteiger partial charge in [-0.05, 0) is 31.2 Å². The van der Waals surface area contributed by atoms with E-state index in [1.54, 1.807) is 33.5 Å². The number of aromatic nitrogens is 3. The van der Waals surface area contributed by atoms with E-state index < -0.39 is 10.0 Å². The fourth-order valence-corrected chi connectivity index (χ4v) is 5.23. The minimum Gasteiger partial charge on any atom is -0.446 e. The van der Waals surface area contributed by atoms with Gasteiger partial charge in [-0.1, -0.05) is 0 Å². The lowest BCUT2D eigenvalue weighted by Gasteiger charge is -2.28. The highest BCUT2D eigenvalue weighted by atomic mass is 32.2. The van der Waals surface area contributed by atoms with Gasteiger partial charge in [0.05, 0.1) is 23.3 Å². The Balaban J connectivity index is 1.47. The van der Waals surface area contributed by atoms with Crippen LogP contribution in [-0.4, -0.2) is 67.6 Å². The van der Waals surface area contributed by atoms with Gasteiger partial charge in [0.15, 0.2) is 5.82 Å². The van der Waals surface area contributed by atoms with Crippen molar-refractivity contribution in [1.29, 1.82) is 0 Å². The quantitative estimate of drug-likeness (QED) is 0.757. The van der Waals surface area contributed by atoms with E-state index in [1.165, 1.54) is 9.21 Å². The minimum absolute atomic E-state index is 0.0788. The standard InChI is InChI=1S/C19H26N6O4S/c1-24(2)19(26)29-14-5-4-12(8-14)15-9-17(23-22-15)21-16-11-20-10-13-6-7-30(27,28)25(3)18(13)16/h9-12,14H,4-8H2,1-3H3,(H2,21,22,23)/t12-,14+/m0/s1. The third kappa shape index (κ3) is 3.93. The van der Waals surface area contributed by atoms with Crippen LogP contribution in [0.1, 0.15) is 36.4 Å². The number of H-pyrrole nitrogens is 1. The fourth-order valence-electron chi connectivity index (χ4n) is 3.98. The van der Waals surface area contributed by atoms with Gasteiger partial charge in [-0.3, -0.25) is 14.4 Å². The van der Waals surface area contributed by atoms with Gasteiger partial charge in [0.2, 0.25) is 10.0 Å². The lowest BCUT2D eigenvalue weighted by molar-refractivity contribution is 0.0770. The largest absolute Gasteiger partial charge is 0.446 e. The number of carbonyl (C=O) groups is 1. The number of amides is 1. The van der Waals surface area contributed by atoms with Gasteiger partial charge in [0.25, 0.3) is 0 Å². The van der Waals surface area contributed by atoms with Crippen LogP contribution in [-0.2, 0) is 21.2 Å². The van der Waals surface area contributed by atoms with E-state index in [0.717, 1.165) is 30.5 Å². The number of nitrogens with one attached hydrogen (secondary N) is 2. The molecule has 1 amide bonds. The van der Waals surface area contributed by atoms with Gasteiger partial charge in [-0.25, -0.2) is 13.2 Å². The molecule has 2 aromatic heterocycles. The van der Waals surface area contributed by atoms with Crippen molar-refractivity contribution >= 4 is 33.3 Å². The summed E-state index contributed by atoms with van der Waals surface area (Å²) < 4.78 is 31.4. The van der Waals surface area contributed by atoms with Crippen LogP contribution in [0.3, 0.4) is 0 Å². The second kappa shape index (κ2) is 7.78. The molecular weight excluding hydrogens is 408 g/mol. The Morgan fingerprint density at radius 1 is 1.33 bits per heavy atom. The predicted molar refractivity (Wildman–Crippen MR) is 113 cm³/mol. The third-order valence-corrected chi connectivity index (χ3v) is 7.41. The van der Waals surface area contributed by atoms with E-state index in [4.69, 9.17) is 4.74 Å². The highest BCUT2D eigenvalue weighted by Gasteiger charge is 2.31. The molecule has 10 nitrogen and oxygen atoms in total. The van der Waals surface area contributed by atoms with E-state index >= 15 is 0 Å². The van der Waals surface area contributed by atoms with Crippen molar-refractivity contribution < 1.29 is 17.9 Å². The first-order valence-corrected chi connectivity index (χ1v) is 11.5. The average molecular weight is 435 g/mol. The summed E-state index contributed by atoms with van der Waals surface area (Å²) in [6, 6.07) is 1.91. The Hall–Kier alpha value is -2.82. The highest BCUT2D eigenvalue weighted by molar-refractivity contribution is 7.92. The molecule has 2 N–H and O–H groups in total. The van der Waals surface area contributed by atoms with Crippen LogP contribution in [0.5, 0.6) is 0 Å². The first-order chi connectivity index (χ1) is 14.2. The molecule has 0 bridgehead atoms. The average Bonchev–Trinajstić information content (AvgIpc) is 3.34. The normalized spacial score (nSPS) is 22.4. The number of anilines is 3. The van der Waals surface area contributed by atoms with Crippen molar-refractivity contribution in [3.8, 4) is 0 Å². The molecule has 0 radical (unpaired) electrons. The number of pyridine rings is 1. The molecule has 1 fully saturated rings. The summed E-state index contributed by atoms with van der Waals surface area (Å²) in [6.07, 6.45) is 5.77. The number of hydrogen-bond donors (Lipinski definition) is 2. The van der Waals surface area contributed by atoms with Gasteiger partial charge in [0, 0.05) is 45.0 Å². The van der Waals surface area contributed by atoms with Gasteiger partial charge < -0.3 is 15.0 Å². The van der Waals surface area contributed by atoms with E-state index in [2.05, 4.69) is 20.5 Å². The molecule has 3 heterocycles. The van der Waals surface area contributed by atoms with Crippen molar-refractivity contribution in [1.82, 2.24) is 20.1 Å². The first kappa shape index (κ1) is 20.5. The number of ether oxygens (including phenoxy) is 1. The maximum Gasteiger partial charge on any atom is 0.409 e. The maximum absolute atomic E-state index is 12.3. The summed E-state index contributed by atoms with van der Waals surface area (Å²) in [6.45, 7) is 0. The van der Waals surface area contributed by atoms with Gasteiger partial charge in [0.1, 0.15) is 6.10 Å². The zero-order valence-corrected chi connectivity index (χ0v) is 18.1. The van der Waals surface area contributed by atoms with Crippen LogP contribution in [0.2, 0.25) is 0 Å². The summed E-state index contributed by atoms with van der Waals surface area (Å²) in [7, 11) is 1.57. The number of carbonyl (C=O) groups excluding carboxylic acids is 1. The number of rotatable bonds is 4. The number of aromatic amines is 1. The lowest BCUT2D eigenvalue weighted by atomic mass is 10.0. The number of fused-ring (bicyclic) bond motifs is 1. The Morgan fingerprint density at radius 3 is 2.90 bits per heavy atom. The van der Waals surface area contributed by atoms with Crippen LogP contribution in [0, 0.1) is 0 Å². The SMILES string of the molecule is CN(C)C(=O)O[C@@H]1CC[C@H](c2cc(Nc3cncc4c3N(C)S(=O)(=O)CC4)n[nH]2)C1. The lowest BCUT2D eigenvalue weighted by Crippen LogP contribution is -2.35. The highest BCUT2D eigenvalue weighted by Crippen LogP contribution is 2.38. The van der Waals surface area contributed by atoms with Gasteiger partial charge >= 0.3 is 6.09 Å². The fraction of sp³-hybridized carbons (Fsp3) is 0.526. The summed E-state index contributed by atoms with van der Waals surface area (Å²) in [5, 5.41) is 10.6. The van der Waals surface area contributed by atoms with Crippen LogP contribution in [0.25, 0.3) is 0 Å². The van der Waals surface area contributed by atoms with Crippen molar-refractivity contribution in [3.05, 3.63) is 29.7 Å².